The normalized spacial score (nSPS) is 10.5. The Bertz CT molecular complexity index is 566. The summed E-state index contributed by atoms with van der Waals surface area (Å²) in [6.07, 6.45) is 3.29. The Balaban J connectivity index is 0.000000896. The molecule has 0 aliphatic heterocycles. The number of rotatable bonds is 9. The zero-order valence-corrected chi connectivity index (χ0v) is 17.4. The highest BCUT2D eigenvalue weighted by molar-refractivity contribution is 8.24. The van der Waals surface area contributed by atoms with E-state index in [9.17, 15) is 14.4 Å². The topological polar surface area (TPSA) is 63.7 Å². The van der Waals surface area contributed by atoms with Crippen molar-refractivity contribution in [1.82, 2.24) is 5.06 Å². The van der Waals surface area contributed by atoms with Gasteiger partial charge in [-0.3, -0.25) is 4.79 Å². The molecule has 1 rings (SSSR count). The molecule has 0 radical (unpaired) electrons. The molecular weight excluding hydrogens is 370 g/mol. The minimum Gasteiger partial charge on any atom is -0.369 e. The lowest BCUT2D eigenvalue weighted by Gasteiger charge is -2.24. The molecule has 0 heterocycles. The van der Waals surface area contributed by atoms with Gasteiger partial charge in [0, 0.05) is 38.1 Å². The zero-order valence-electron chi connectivity index (χ0n) is 15.8. The van der Waals surface area contributed by atoms with E-state index in [1.165, 1.54) is 5.06 Å². The van der Waals surface area contributed by atoms with Gasteiger partial charge < -0.3 is 14.4 Å². The zero-order chi connectivity index (χ0) is 20.0. The Morgan fingerprint density at radius 3 is 2.15 bits per heavy atom. The van der Waals surface area contributed by atoms with Gasteiger partial charge in [0.2, 0.25) is 0 Å². The SMILES string of the molecule is CN(C)OC(=O)CCC(C)(C)SC(=S)c1ccccc1.O=CCCC=O. The lowest BCUT2D eigenvalue weighted by Crippen LogP contribution is -2.23. The molecule has 0 fully saturated rings. The Hall–Kier alpha value is -1.57. The number of benzene rings is 1. The van der Waals surface area contributed by atoms with Crippen molar-refractivity contribution in [2.24, 2.45) is 0 Å². The van der Waals surface area contributed by atoms with E-state index in [1.54, 1.807) is 25.9 Å². The number of hydrogen-bond acceptors (Lipinski definition) is 7. The van der Waals surface area contributed by atoms with E-state index in [4.69, 9.17) is 17.1 Å². The van der Waals surface area contributed by atoms with Crippen molar-refractivity contribution in [1.29, 1.82) is 0 Å². The number of thioether (sulfide) groups is 1. The summed E-state index contributed by atoms with van der Waals surface area (Å²) in [5.41, 5.74) is 1.05. The van der Waals surface area contributed by atoms with Gasteiger partial charge in [-0.25, -0.2) is 0 Å². The van der Waals surface area contributed by atoms with Crippen molar-refractivity contribution in [3.8, 4) is 0 Å². The second-order valence-electron chi connectivity index (χ2n) is 6.20. The highest BCUT2D eigenvalue weighted by Crippen LogP contribution is 2.33. The maximum Gasteiger partial charge on any atom is 0.325 e. The van der Waals surface area contributed by atoms with Gasteiger partial charge in [-0.15, -0.1) is 16.8 Å². The molecule has 1 aromatic rings. The lowest BCUT2D eigenvalue weighted by atomic mass is 10.1. The number of carbonyl (C=O) groups excluding carboxylic acids is 3. The summed E-state index contributed by atoms with van der Waals surface area (Å²) in [6.45, 7) is 4.19. The number of aldehydes is 2. The number of hydroxylamine groups is 2. The van der Waals surface area contributed by atoms with Gasteiger partial charge in [-0.05, 0) is 12.0 Å². The van der Waals surface area contributed by atoms with Gasteiger partial charge in [0.05, 0.1) is 4.20 Å². The predicted molar refractivity (Wildman–Crippen MR) is 110 cm³/mol. The number of carbonyl (C=O) groups is 3. The molecule has 0 unspecified atom stereocenters. The van der Waals surface area contributed by atoms with Crippen LogP contribution in [-0.4, -0.2) is 46.6 Å². The van der Waals surface area contributed by atoms with Gasteiger partial charge >= 0.3 is 5.97 Å². The standard InChI is InChI=1S/C15H21NO2S2.C4H6O2/c1-15(2,11-10-13(17)18-16(3)4)20-14(19)12-8-6-5-7-9-12;5-3-1-2-4-6/h5-9H,10-11H2,1-4H3;3-4H,1-2H2. The van der Waals surface area contributed by atoms with E-state index in [-0.39, 0.29) is 10.7 Å². The third kappa shape index (κ3) is 12.7. The first-order valence-corrected chi connectivity index (χ1v) is 9.48. The van der Waals surface area contributed by atoms with Crippen LogP contribution in [0.5, 0.6) is 0 Å². The summed E-state index contributed by atoms with van der Waals surface area (Å²) in [7, 11) is 3.39. The summed E-state index contributed by atoms with van der Waals surface area (Å²) in [5.74, 6) is -0.214. The largest absolute Gasteiger partial charge is 0.369 e. The molecule has 0 atom stereocenters. The number of unbranched alkanes of at least 4 members (excludes halogenated alkanes) is 1. The molecule has 0 bridgehead atoms. The molecule has 0 saturated carbocycles. The van der Waals surface area contributed by atoms with E-state index in [0.717, 1.165) is 28.8 Å². The Morgan fingerprint density at radius 1 is 1.15 bits per heavy atom. The quantitative estimate of drug-likeness (QED) is 0.271. The molecule has 0 N–H and O–H groups in total. The minimum atomic E-state index is -0.214. The third-order valence-electron chi connectivity index (χ3n) is 3.00. The van der Waals surface area contributed by atoms with Crippen molar-refractivity contribution in [2.75, 3.05) is 14.1 Å². The van der Waals surface area contributed by atoms with Crippen LogP contribution in [0, 0.1) is 0 Å². The maximum atomic E-state index is 11.5. The maximum absolute atomic E-state index is 11.5. The van der Waals surface area contributed by atoms with Crippen LogP contribution in [0.4, 0.5) is 0 Å². The summed E-state index contributed by atoms with van der Waals surface area (Å²) < 4.78 is 0.759. The number of hydrogen-bond donors (Lipinski definition) is 0. The van der Waals surface area contributed by atoms with E-state index < -0.39 is 0 Å². The van der Waals surface area contributed by atoms with Crippen LogP contribution in [0.3, 0.4) is 0 Å². The van der Waals surface area contributed by atoms with Crippen molar-refractivity contribution >= 4 is 46.7 Å². The van der Waals surface area contributed by atoms with Crippen LogP contribution in [0.15, 0.2) is 30.3 Å². The molecule has 1 aromatic carbocycles. The Labute approximate surface area is 165 Å². The van der Waals surface area contributed by atoms with Crippen molar-refractivity contribution in [3.05, 3.63) is 35.9 Å². The second-order valence-corrected chi connectivity index (χ2v) is 8.59. The first-order chi connectivity index (χ1) is 12.2. The van der Waals surface area contributed by atoms with E-state index in [2.05, 4.69) is 13.8 Å². The number of thiocarbonyl (C=S) groups is 1. The smallest absolute Gasteiger partial charge is 0.325 e. The minimum absolute atomic E-state index is 0.0990. The molecule has 0 aromatic heterocycles. The highest BCUT2D eigenvalue weighted by Gasteiger charge is 2.23. The molecule has 5 nitrogen and oxygen atoms in total. The molecule has 0 aliphatic rings. The fraction of sp³-hybridized carbons (Fsp3) is 0.474. The monoisotopic (exact) mass is 397 g/mol. The van der Waals surface area contributed by atoms with Gasteiger partial charge in [0.25, 0.3) is 0 Å². The Morgan fingerprint density at radius 2 is 1.69 bits per heavy atom. The summed E-state index contributed by atoms with van der Waals surface area (Å²) >= 11 is 7.08. The van der Waals surface area contributed by atoms with Crippen LogP contribution < -0.4 is 0 Å². The van der Waals surface area contributed by atoms with Gasteiger partial charge in [0.15, 0.2) is 0 Å². The molecule has 0 spiro atoms. The van der Waals surface area contributed by atoms with E-state index in [0.29, 0.717) is 19.3 Å². The lowest BCUT2D eigenvalue weighted by molar-refractivity contribution is -0.178. The molecule has 144 valence electrons. The Kier molecular flexibility index (Phi) is 12.8. The second kappa shape index (κ2) is 13.6. The van der Waals surface area contributed by atoms with Crippen molar-refractivity contribution in [2.45, 2.75) is 44.3 Å². The molecule has 7 heteroatoms. The molecule has 26 heavy (non-hydrogen) atoms. The van der Waals surface area contributed by atoms with Gasteiger partial charge in [-0.1, -0.05) is 56.4 Å². The van der Waals surface area contributed by atoms with Crippen LogP contribution in [0.25, 0.3) is 0 Å². The highest BCUT2D eigenvalue weighted by atomic mass is 32.2. The predicted octanol–water partition coefficient (Wildman–Crippen LogP) is 3.84. The first-order valence-electron chi connectivity index (χ1n) is 8.25. The van der Waals surface area contributed by atoms with Crippen LogP contribution in [0.2, 0.25) is 0 Å². The van der Waals surface area contributed by atoms with Crippen LogP contribution in [-0.2, 0) is 19.2 Å². The van der Waals surface area contributed by atoms with Gasteiger partial charge in [0.1, 0.15) is 12.6 Å². The summed E-state index contributed by atoms with van der Waals surface area (Å²) in [4.78, 5) is 35.3. The summed E-state index contributed by atoms with van der Waals surface area (Å²) in [6, 6.07) is 9.93. The van der Waals surface area contributed by atoms with Crippen LogP contribution >= 0.6 is 24.0 Å². The fourth-order valence-corrected chi connectivity index (χ4v) is 3.50. The van der Waals surface area contributed by atoms with Gasteiger partial charge in [-0.2, -0.15) is 0 Å². The number of nitrogens with zero attached hydrogens (tertiary/aromatic N) is 1. The van der Waals surface area contributed by atoms with E-state index >= 15 is 0 Å². The first kappa shape index (κ1) is 24.4. The molecule has 0 aliphatic carbocycles. The molecule has 0 amide bonds. The van der Waals surface area contributed by atoms with Crippen molar-refractivity contribution < 1.29 is 19.2 Å². The van der Waals surface area contributed by atoms with E-state index in [1.807, 2.05) is 30.3 Å². The summed E-state index contributed by atoms with van der Waals surface area (Å²) in [5, 5.41) is 1.41. The van der Waals surface area contributed by atoms with Crippen LogP contribution in [0.1, 0.15) is 45.1 Å². The molecular formula is C19H27NO4S2. The third-order valence-corrected chi connectivity index (χ3v) is 4.66. The average molecular weight is 398 g/mol. The average Bonchev–Trinajstić information content (AvgIpc) is 2.59. The van der Waals surface area contributed by atoms with Crippen molar-refractivity contribution in [3.63, 3.8) is 0 Å². The molecule has 0 saturated heterocycles. The fourth-order valence-electron chi connectivity index (χ4n) is 1.72.